The van der Waals surface area contributed by atoms with Crippen LogP contribution in [0.4, 0.5) is 0 Å². The predicted molar refractivity (Wildman–Crippen MR) is 404 cm³/mol. The Morgan fingerprint density at radius 3 is 1.18 bits per heavy atom. The van der Waals surface area contributed by atoms with Gasteiger partial charge in [0.25, 0.3) is 0 Å². The van der Waals surface area contributed by atoms with Crippen molar-refractivity contribution in [3.8, 4) is 102 Å². The standard InChI is InChI=1S/C47H30N4.C43H28N4/c1-3-13-31(14-4-1)35-27-28-40-39-19-9-10-23-42(39)51(44(40)30-35)43-24-12-20-37-38(43)21-11-22-41(37)47-49-45(33-16-5-2-6-17-33)48-46(50-47)36-26-25-32-15-7-8-18-34(32)29-36;1-2-11-32(12-3-1)41-44-42(46-43(45-41)35-23-20-29-10-4-5-13-34(29)28-35)33-21-18-30(19-22-33)31-24-26-36(27-25-31)47-39-16-8-6-14-37(39)38-15-7-9-17-40(38)47/h1-30H;1-28H/i;1D,2D,3D,11D,12D. The molecule has 0 fully saturated rings. The van der Waals surface area contributed by atoms with Crippen molar-refractivity contribution in [1.82, 2.24) is 39.0 Å². The zero-order valence-corrected chi connectivity index (χ0v) is 52.7. The summed E-state index contributed by atoms with van der Waals surface area (Å²) in [4.78, 5) is 29.5. The minimum atomic E-state index is -0.471. The van der Waals surface area contributed by atoms with Gasteiger partial charge in [-0.25, -0.2) is 29.9 Å². The SMILES string of the molecule is [2H]c1c([2H])c([2H])c(-c2nc(-c3ccc(-c4ccc(-n5c6ccccc6c6ccccc65)cc4)cc3)nc(-c3ccc4ccccc4c3)n2)c([2H])c1[2H].c1ccc(-c2ccc3c4ccccc4n(-c4cccc5c(-c6nc(-c7ccccc7)nc(-c7ccc8ccccc8c7)n6)cccc45)c3c2)cc1. The van der Waals surface area contributed by atoms with Crippen molar-refractivity contribution in [3.05, 3.63) is 352 Å². The van der Waals surface area contributed by atoms with Crippen molar-refractivity contribution in [2.24, 2.45) is 0 Å². The molecule has 19 aromatic rings. The molecule has 0 aliphatic rings. The van der Waals surface area contributed by atoms with Crippen LogP contribution in [0.25, 0.3) is 178 Å². The summed E-state index contributed by atoms with van der Waals surface area (Å²) in [5.41, 5.74) is 15.5. The molecule has 0 radical (unpaired) electrons. The lowest BCUT2D eigenvalue weighted by Gasteiger charge is -2.15. The van der Waals surface area contributed by atoms with Crippen molar-refractivity contribution in [2.75, 3.05) is 0 Å². The monoisotopic (exact) mass is 1260 g/mol. The van der Waals surface area contributed by atoms with Crippen molar-refractivity contribution in [2.45, 2.75) is 0 Å². The summed E-state index contributed by atoms with van der Waals surface area (Å²) in [5, 5.41) is 11.5. The first-order valence-electron chi connectivity index (χ1n) is 35.1. The summed E-state index contributed by atoms with van der Waals surface area (Å²) in [6.45, 7) is 0. The van der Waals surface area contributed by atoms with E-state index in [0.29, 0.717) is 34.7 Å². The highest BCUT2D eigenvalue weighted by Gasteiger charge is 2.21. The van der Waals surface area contributed by atoms with Crippen LogP contribution in [0.3, 0.4) is 0 Å². The van der Waals surface area contributed by atoms with Crippen LogP contribution in [0.1, 0.15) is 6.85 Å². The highest BCUT2D eigenvalue weighted by molar-refractivity contribution is 6.13. The van der Waals surface area contributed by atoms with E-state index in [1.54, 1.807) is 0 Å². The quantitative estimate of drug-likeness (QED) is 0.136. The van der Waals surface area contributed by atoms with Gasteiger partial charge in [0.05, 0.1) is 34.6 Å². The predicted octanol–water partition coefficient (Wildman–Crippen LogP) is 22.7. The van der Waals surface area contributed by atoms with Gasteiger partial charge in [0.15, 0.2) is 34.9 Å². The average Bonchev–Trinajstić information content (AvgIpc) is 1.51. The smallest absolute Gasteiger partial charge is 0.164 e. The van der Waals surface area contributed by atoms with E-state index in [4.69, 9.17) is 31.8 Å². The molecule has 15 aromatic carbocycles. The lowest BCUT2D eigenvalue weighted by Crippen LogP contribution is -2.01. The van der Waals surface area contributed by atoms with E-state index in [1.165, 1.54) is 49.1 Å². The van der Waals surface area contributed by atoms with E-state index in [1.807, 2.05) is 84.9 Å². The molecule has 0 atom stereocenters. The molecule has 0 aliphatic heterocycles. The third-order valence-electron chi connectivity index (χ3n) is 18.4. The average molecular weight is 1260 g/mol. The molecule has 4 heterocycles. The Labute approximate surface area is 572 Å². The Morgan fingerprint density at radius 1 is 0.214 bits per heavy atom. The maximum absolute atomic E-state index is 8.62. The van der Waals surface area contributed by atoms with E-state index in [9.17, 15) is 0 Å². The van der Waals surface area contributed by atoms with Gasteiger partial charge >= 0.3 is 0 Å². The Kier molecular flexibility index (Phi) is 13.1. The summed E-state index contributed by atoms with van der Waals surface area (Å²) >= 11 is 0. The van der Waals surface area contributed by atoms with Gasteiger partial charge in [-0.2, -0.15) is 0 Å². The number of hydrogen-bond donors (Lipinski definition) is 0. The minimum Gasteiger partial charge on any atom is -0.309 e. The molecule has 19 rings (SSSR count). The highest BCUT2D eigenvalue weighted by Crippen LogP contribution is 2.40. The van der Waals surface area contributed by atoms with Crippen molar-refractivity contribution in [1.29, 1.82) is 0 Å². The van der Waals surface area contributed by atoms with Crippen molar-refractivity contribution < 1.29 is 6.85 Å². The van der Waals surface area contributed by atoms with Gasteiger partial charge in [-0.15, -0.1) is 0 Å². The number of para-hydroxylation sites is 3. The first-order valence-corrected chi connectivity index (χ1v) is 32.6. The van der Waals surface area contributed by atoms with Gasteiger partial charge in [-0.05, 0) is 104 Å². The van der Waals surface area contributed by atoms with E-state index in [0.717, 1.165) is 82.7 Å². The second-order valence-electron chi connectivity index (χ2n) is 24.2. The number of nitrogens with zero attached hydrogens (tertiary/aromatic N) is 8. The molecule has 8 heteroatoms. The van der Waals surface area contributed by atoms with Crippen LogP contribution in [0, 0.1) is 0 Å². The fraction of sp³-hybridized carbons (Fsp3) is 0. The van der Waals surface area contributed by atoms with Crippen molar-refractivity contribution >= 4 is 75.9 Å². The van der Waals surface area contributed by atoms with Gasteiger partial charge < -0.3 is 9.13 Å². The molecule has 0 unspecified atom stereocenters. The van der Waals surface area contributed by atoms with E-state index in [-0.39, 0.29) is 23.5 Å². The lowest BCUT2D eigenvalue weighted by atomic mass is 10.0. The maximum atomic E-state index is 8.62. The summed E-state index contributed by atoms with van der Waals surface area (Å²) < 4.78 is 46.5. The molecule has 0 bridgehead atoms. The van der Waals surface area contributed by atoms with Gasteiger partial charge in [0.1, 0.15) is 0 Å². The minimum absolute atomic E-state index is 0.00915. The molecule has 98 heavy (non-hydrogen) atoms. The maximum Gasteiger partial charge on any atom is 0.164 e. The largest absolute Gasteiger partial charge is 0.309 e. The van der Waals surface area contributed by atoms with E-state index < -0.39 is 18.1 Å². The van der Waals surface area contributed by atoms with Crippen LogP contribution in [-0.4, -0.2) is 39.0 Å². The second kappa shape index (κ2) is 24.6. The number of aromatic nitrogens is 8. The van der Waals surface area contributed by atoms with E-state index in [2.05, 4.69) is 251 Å². The third-order valence-corrected chi connectivity index (χ3v) is 18.4. The van der Waals surface area contributed by atoms with Crippen molar-refractivity contribution in [3.63, 3.8) is 0 Å². The Hall–Kier alpha value is -13.3. The molecule has 458 valence electrons. The zero-order chi connectivity index (χ0) is 69.2. The van der Waals surface area contributed by atoms with E-state index >= 15 is 0 Å². The number of hydrogen-bond acceptors (Lipinski definition) is 6. The molecule has 0 spiro atoms. The van der Waals surface area contributed by atoms with Crippen LogP contribution in [0.2, 0.25) is 0 Å². The second-order valence-corrected chi connectivity index (χ2v) is 24.2. The zero-order valence-electron chi connectivity index (χ0n) is 57.7. The Morgan fingerprint density at radius 2 is 0.602 bits per heavy atom. The molecule has 0 aliphatic carbocycles. The molecular formula is C90H58N8. The Bertz CT molecular complexity index is 6480. The summed E-state index contributed by atoms with van der Waals surface area (Å²) in [5.74, 6) is 2.61. The first kappa shape index (κ1) is 52.1. The summed E-state index contributed by atoms with van der Waals surface area (Å²) in [6, 6.07) is 109. The fourth-order valence-corrected chi connectivity index (χ4v) is 13.6. The lowest BCUT2D eigenvalue weighted by molar-refractivity contribution is 1.07. The normalized spacial score (nSPS) is 12.2. The molecule has 0 saturated carbocycles. The number of fused-ring (bicyclic) bond motifs is 9. The topological polar surface area (TPSA) is 87.2 Å². The highest BCUT2D eigenvalue weighted by atomic mass is 15.0. The molecule has 0 amide bonds. The third kappa shape index (κ3) is 10.6. The summed E-state index contributed by atoms with van der Waals surface area (Å²) in [7, 11) is 0. The number of benzene rings is 15. The fourth-order valence-electron chi connectivity index (χ4n) is 13.6. The van der Waals surface area contributed by atoms with Gasteiger partial charge in [0.2, 0.25) is 0 Å². The molecular weight excluding hydrogens is 1190 g/mol. The van der Waals surface area contributed by atoms with Crippen LogP contribution in [-0.2, 0) is 0 Å². The molecule has 0 saturated heterocycles. The molecule has 8 nitrogen and oxygen atoms in total. The van der Waals surface area contributed by atoms with Crippen LogP contribution < -0.4 is 0 Å². The van der Waals surface area contributed by atoms with Gasteiger partial charge in [-0.1, -0.05) is 297 Å². The van der Waals surface area contributed by atoms with Gasteiger partial charge in [-0.3, -0.25) is 0 Å². The van der Waals surface area contributed by atoms with Crippen LogP contribution in [0.15, 0.2) is 352 Å². The summed E-state index contributed by atoms with van der Waals surface area (Å²) in [6.07, 6.45) is 0. The van der Waals surface area contributed by atoms with Gasteiger partial charge in [0, 0.05) is 66.0 Å². The first-order chi connectivity index (χ1) is 50.6. The molecule has 0 N–H and O–H groups in total. The molecule has 4 aromatic heterocycles. The Balaban J connectivity index is 0.000000147. The van der Waals surface area contributed by atoms with Crippen LogP contribution >= 0.6 is 0 Å². The van der Waals surface area contributed by atoms with Crippen LogP contribution in [0.5, 0.6) is 0 Å². The number of rotatable bonds is 10.